The molecule has 2 heterocycles. The first-order valence-electron chi connectivity index (χ1n) is 10.3. The molecule has 0 spiro atoms. The van der Waals surface area contributed by atoms with Crippen LogP contribution >= 0.6 is 11.6 Å². The largest absolute Gasteiger partial charge is 0.495 e. The van der Waals surface area contributed by atoms with E-state index < -0.39 is 24.1 Å². The first kappa shape index (κ1) is 23.5. The predicted molar refractivity (Wildman–Crippen MR) is 121 cm³/mol. The number of halogens is 1. The van der Waals surface area contributed by atoms with Crippen molar-refractivity contribution in [3.05, 3.63) is 40.4 Å². The lowest BCUT2D eigenvalue weighted by molar-refractivity contribution is -0.144. The molecule has 2 aromatic carbocycles. The Labute approximate surface area is 200 Å². The van der Waals surface area contributed by atoms with E-state index in [1.807, 2.05) is 0 Å². The van der Waals surface area contributed by atoms with Gasteiger partial charge >= 0.3 is 5.97 Å². The Kier molecular flexibility index (Phi) is 6.43. The number of hydrogen-bond acceptors (Lipinski definition) is 8. The van der Waals surface area contributed by atoms with Gasteiger partial charge in [-0.15, -0.1) is 0 Å². The number of ether oxygens (including phenoxy) is 5. The van der Waals surface area contributed by atoms with Gasteiger partial charge in [-0.3, -0.25) is 14.5 Å². The van der Waals surface area contributed by atoms with Crippen molar-refractivity contribution in [2.45, 2.75) is 25.1 Å². The summed E-state index contributed by atoms with van der Waals surface area (Å²) < 4.78 is 26.7. The van der Waals surface area contributed by atoms with Crippen molar-refractivity contribution in [3.63, 3.8) is 0 Å². The monoisotopic (exact) mass is 490 g/mol. The molecule has 0 aliphatic carbocycles. The summed E-state index contributed by atoms with van der Waals surface area (Å²) in [7, 11) is 5.77. The maximum Gasteiger partial charge on any atom is 0.344 e. The van der Waals surface area contributed by atoms with Crippen LogP contribution in [0.25, 0.3) is 0 Å². The van der Waals surface area contributed by atoms with Crippen LogP contribution < -0.4 is 24.3 Å². The second-order valence-electron chi connectivity index (χ2n) is 7.55. The summed E-state index contributed by atoms with van der Waals surface area (Å²) in [4.78, 5) is 40.1. The molecule has 1 saturated heterocycles. The molecule has 2 aliphatic heterocycles. The van der Waals surface area contributed by atoms with Crippen molar-refractivity contribution in [2.75, 3.05) is 33.8 Å². The van der Waals surface area contributed by atoms with E-state index in [1.165, 1.54) is 39.4 Å². The molecule has 11 heteroatoms. The highest BCUT2D eigenvalue weighted by atomic mass is 35.5. The van der Waals surface area contributed by atoms with Gasteiger partial charge in [0.2, 0.25) is 18.0 Å². The molecule has 0 unspecified atom stereocenters. The Morgan fingerprint density at radius 3 is 2.38 bits per heavy atom. The van der Waals surface area contributed by atoms with Crippen LogP contribution in [0.4, 0.5) is 5.69 Å². The Morgan fingerprint density at radius 1 is 1.03 bits per heavy atom. The number of fused-ring (bicyclic) bond motifs is 1. The predicted octanol–water partition coefficient (Wildman–Crippen LogP) is 3.17. The van der Waals surface area contributed by atoms with Crippen LogP contribution in [-0.4, -0.2) is 57.2 Å². The van der Waals surface area contributed by atoms with Crippen molar-refractivity contribution in [1.82, 2.24) is 4.90 Å². The zero-order valence-electron chi connectivity index (χ0n) is 19.0. The second-order valence-corrected chi connectivity index (χ2v) is 7.96. The number of likely N-dealkylation sites (tertiary alicyclic amines) is 1. The van der Waals surface area contributed by atoms with Crippen LogP contribution in [0, 0.1) is 0 Å². The average Bonchev–Trinajstić information content (AvgIpc) is 3.37. The molecule has 10 nitrogen and oxygen atoms in total. The number of amides is 2. The number of benzene rings is 2. The lowest BCUT2D eigenvalue weighted by Gasteiger charge is -2.29. The first-order valence-corrected chi connectivity index (χ1v) is 10.7. The maximum absolute atomic E-state index is 13.3. The number of carbonyl (C=O) groups excluding carboxylic acids is 3. The van der Waals surface area contributed by atoms with Crippen molar-refractivity contribution in [2.24, 2.45) is 0 Å². The van der Waals surface area contributed by atoms with Gasteiger partial charge in [-0.25, -0.2) is 4.79 Å². The minimum absolute atomic E-state index is 0.120. The molecule has 0 radical (unpaired) electrons. The molecule has 2 amide bonds. The molecule has 2 aliphatic rings. The van der Waals surface area contributed by atoms with Crippen LogP contribution in [0.3, 0.4) is 0 Å². The van der Waals surface area contributed by atoms with E-state index in [-0.39, 0.29) is 35.1 Å². The molecule has 1 N–H and O–H groups in total. The maximum atomic E-state index is 13.3. The molecule has 0 bridgehead atoms. The summed E-state index contributed by atoms with van der Waals surface area (Å²) in [5.41, 5.74) is 0.892. The normalized spacial score (nSPS) is 18.9. The quantitative estimate of drug-likeness (QED) is 0.589. The number of anilines is 1. The number of nitrogens with zero attached hydrogens (tertiary/aromatic N) is 1. The fourth-order valence-electron chi connectivity index (χ4n) is 4.22. The highest BCUT2D eigenvalue weighted by Crippen LogP contribution is 2.45. The van der Waals surface area contributed by atoms with Gasteiger partial charge in [0.15, 0.2) is 11.5 Å². The molecular weight excluding hydrogens is 468 g/mol. The zero-order chi connectivity index (χ0) is 24.6. The third-order valence-electron chi connectivity index (χ3n) is 5.81. The molecule has 2 aromatic rings. The smallest absolute Gasteiger partial charge is 0.344 e. The lowest BCUT2D eigenvalue weighted by Crippen LogP contribution is -2.43. The van der Waals surface area contributed by atoms with Crippen LogP contribution in [0.2, 0.25) is 5.02 Å². The van der Waals surface area contributed by atoms with Crippen LogP contribution in [0.5, 0.6) is 23.0 Å². The SMILES string of the molecule is COc1cc(OC)c(NC(=O)[C@@H]2CCC(=O)N2[C@@H]2OC(=O)c3c2ccc(OC)c3OC)cc1Cl. The van der Waals surface area contributed by atoms with Crippen molar-refractivity contribution in [1.29, 1.82) is 0 Å². The van der Waals surface area contributed by atoms with Crippen LogP contribution in [-0.2, 0) is 14.3 Å². The second kappa shape index (κ2) is 9.30. The first-order chi connectivity index (χ1) is 16.3. The fraction of sp³-hybridized carbons (Fsp3) is 0.348. The number of cyclic esters (lactones) is 1. The van der Waals surface area contributed by atoms with Gasteiger partial charge in [0.1, 0.15) is 23.1 Å². The molecule has 34 heavy (non-hydrogen) atoms. The van der Waals surface area contributed by atoms with Gasteiger partial charge < -0.3 is 29.0 Å². The van der Waals surface area contributed by atoms with Gasteiger partial charge in [-0.2, -0.15) is 0 Å². The number of esters is 1. The summed E-state index contributed by atoms with van der Waals surface area (Å²) in [6.45, 7) is 0. The van der Waals surface area contributed by atoms with Gasteiger partial charge in [0, 0.05) is 18.1 Å². The summed E-state index contributed by atoms with van der Waals surface area (Å²) >= 11 is 6.21. The van der Waals surface area contributed by atoms with Crippen molar-refractivity contribution < 1.29 is 38.1 Å². The van der Waals surface area contributed by atoms with E-state index >= 15 is 0 Å². The Balaban J connectivity index is 1.65. The van der Waals surface area contributed by atoms with E-state index in [0.29, 0.717) is 28.5 Å². The van der Waals surface area contributed by atoms with Gasteiger partial charge in [0.05, 0.1) is 39.1 Å². The highest BCUT2D eigenvalue weighted by Gasteiger charge is 2.48. The fourth-order valence-corrected chi connectivity index (χ4v) is 4.46. The Morgan fingerprint density at radius 2 is 1.74 bits per heavy atom. The third-order valence-corrected chi connectivity index (χ3v) is 6.10. The van der Waals surface area contributed by atoms with Gasteiger partial charge in [-0.05, 0) is 24.6 Å². The molecule has 1 fully saturated rings. The highest BCUT2D eigenvalue weighted by molar-refractivity contribution is 6.32. The molecular formula is C23H23ClN2O8. The summed E-state index contributed by atoms with van der Waals surface area (Å²) in [6.07, 6.45) is -0.711. The van der Waals surface area contributed by atoms with E-state index in [4.69, 9.17) is 35.3 Å². The lowest BCUT2D eigenvalue weighted by atomic mass is 10.0. The topological polar surface area (TPSA) is 113 Å². The number of nitrogens with one attached hydrogen (secondary N) is 1. The molecule has 0 saturated carbocycles. The number of carbonyl (C=O) groups is 3. The average molecular weight is 491 g/mol. The van der Waals surface area contributed by atoms with Gasteiger partial charge in [-0.1, -0.05) is 11.6 Å². The molecule has 180 valence electrons. The minimum Gasteiger partial charge on any atom is -0.495 e. The van der Waals surface area contributed by atoms with E-state index in [9.17, 15) is 14.4 Å². The standard InChI is InChI=1S/C23H23ClN2O8/c1-30-15-7-5-11-19(20(15)33-4)23(29)34-22(11)26-14(6-8-18(26)27)21(28)25-13-9-12(24)16(31-2)10-17(13)32-3/h5,7,9-10,14,22H,6,8H2,1-4H3,(H,25,28)/t14-,22+/m0/s1. The summed E-state index contributed by atoms with van der Waals surface area (Å²) in [5, 5.41) is 3.04. The number of hydrogen-bond donors (Lipinski definition) is 1. The minimum atomic E-state index is -1.07. The molecule has 4 rings (SSSR count). The number of methoxy groups -OCH3 is 4. The Bertz CT molecular complexity index is 1170. The third kappa shape index (κ3) is 3.83. The Hall–Kier alpha value is -3.66. The molecule has 0 aromatic heterocycles. The van der Waals surface area contributed by atoms with Crippen LogP contribution in [0.15, 0.2) is 24.3 Å². The van der Waals surface area contributed by atoms with Gasteiger partial charge in [0.25, 0.3) is 0 Å². The van der Waals surface area contributed by atoms with Crippen molar-refractivity contribution >= 4 is 35.1 Å². The van der Waals surface area contributed by atoms with Crippen molar-refractivity contribution in [3.8, 4) is 23.0 Å². The molecule has 2 atom stereocenters. The summed E-state index contributed by atoms with van der Waals surface area (Å²) in [6, 6.07) is 5.39. The summed E-state index contributed by atoms with van der Waals surface area (Å²) in [5.74, 6) is -0.191. The number of rotatable bonds is 7. The van der Waals surface area contributed by atoms with E-state index in [2.05, 4.69) is 5.32 Å². The van der Waals surface area contributed by atoms with Crippen LogP contribution in [0.1, 0.15) is 35.0 Å². The van der Waals surface area contributed by atoms with E-state index in [0.717, 1.165) is 0 Å². The van der Waals surface area contributed by atoms with E-state index in [1.54, 1.807) is 18.2 Å². The zero-order valence-corrected chi connectivity index (χ0v) is 19.7.